The lowest BCUT2D eigenvalue weighted by atomic mass is 9.97. The summed E-state index contributed by atoms with van der Waals surface area (Å²) in [5.41, 5.74) is 10.8. The average Bonchev–Trinajstić information content (AvgIpc) is 2.87. The average molecular weight is 315 g/mol. The van der Waals surface area contributed by atoms with Crippen molar-refractivity contribution in [1.82, 2.24) is 5.32 Å². The van der Waals surface area contributed by atoms with Crippen molar-refractivity contribution in [3.8, 4) is 0 Å². The monoisotopic (exact) mass is 314 g/mol. The van der Waals surface area contributed by atoms with E-state index in [0.717, 1.165) is 25.7 Å². The molecule has 2 rings (SSSR count). The molecule has 0 saturated heterocycles. The van der Waals surface area contributed by atoms with Crippen molar-refractivity contribution in [2.75, 3.05) is 12.3 Å². The van der Waals surface area contributed by atoms with E-state index in [4.69, 9.17) is 11.5 Å². The highest BCUT2D eigenvalue weighted by Crippen LogP contribution is 2.30. The molecule has 1 aromatic rings. The Kier molecular flexibility index (Phi) is 5.51. The van der Waals surface area contributed by atoms with Crippen LogP contribution in [0.5, 0.6) is 0 Å². The minimum Gasteiger partial charge on any atom is -0.393 e. The van der Waals surface area contributed by atoms with Gasteiger partial charge in [0.25, 0.3) is 11.6 Å². The highest BCUT2D eigenvalue weighted by molar-refractivity contribution is 6.01. The van der Waals surface area contributed by atoms with E-state index in [1.165, 1.54) is 18.2 Å². The van der Waals surface area contributed by atoms with Gasteiger partial charge in [-0.15, -0.1) is 12.4 Å². The minimum atomic E-state index is -0.597. The standard InChI is InChI=1S/C13H18N4O3.ClH/c14-8-13(6-1-2-7-13)16-12(18)9-4-3-5-10(11(9)15)17(19)20;/h3-5H,1-2,6-8,14-15H2,(H,16,18);1H. The predicted octanol–water partition coefficient (Wildman–Crippen LogP) is 1.60. The van der Waals surface area contributed by atoms with Crippen molar-refractivity contribution in [2.24, 2.45) is 5.73 Å². The number of nitro benzene ring substituents is 1. The van der Waals surface area contributed by atoms with Gasteiger partial charge in [0, 0.05) is 12.6 Å². The van der Waals surface area contributed by atoms with Gasteiger partial charge in [-0.1, -0.05) is 18.9 Å². The third kappa shape index (κ3) is 3.43. The molecule has 21 heavy (non-hydrogen) atoms. The second-order valence-corrected chi connectivity index (χ2v) is 5.14. The van der Waals surface area contributed by atoms with Gasteiger partial charge in [0.15, 0.2) is 0 Å². The lowest BCUT2D eigenvalue weighted by Crippen LogP contribution is -2.51. The van der Waals surface area contributed by atoms with Gasteiger partial charge in [-0.3, -0.25) is 14.9 Å². The summed E-state index contributed by atoms with van der Waals surface area (Å²) < 4.78 is 0. The number of nitrogens with zero attached hydrogens (tertiary/aromatic N) is 1. The van der Waals surface area contributed by atoms with Crippen molar-refractivity contribution in [1.29, 1.82) is 0 Å². The lowest BCUT2D eigenvalue weighted by molar-refractivity contribution is -0.383. The molecule has 5 N–H and O–H groups in total. The van der Waals surface area contributed by atoms with E-state index in [9.17, 15) is 14.9 Å². The number of hydrogen-bond acceptors (Lipinski definition) is 5. The van der Waals surface area contributed by atoms with Gasteiger partial charge in [-0.2, -0.15) is 0 Å². The number of carbonyl (C=O) groups excluding carboxylic acids is 1. The molecular weight excluding hydrogens is 296 g/mol. The fourth-order valence-corrected chi connectivity index (χ4v) is 2.65. The van der Waals surface area contributed by atoms with E-state index < -0.39 is 16.4 Å². The maximum absolute atomic E-state index is 12.3. The first-order valence-electron chi connectivity index (χ1n) is 6.54. The zero-order valence-corrected chi connectivity index (χ0v) is 12.3. The summed E-state index contributed by atoms with van der Waals surface area (Å²) in [7, 11) is 0. The van der Waals surface area contributed by atoms with Crippen LogP contribution >= 0.6 is 12.4 Å². The molecule has 1 aliphatic rings. The Bertz CT molecular complexity index is 544. The first-order chi connectivity index (χ1) is 9.49. The first-order valence-corrected chi connectivity index (χ1v) is 6.54. The van der Waals surface area contributed by atoms with E-state index in [1.54, 1.807) is 0 Å². The Morgan fingerprint density at radius 1 is 1.38 bits per heavy atom. The second kappa shape index (κ2) is 6.73. The molecule has 1 saturated carbocycles. The number of amides is 1. The molecule has 1 aromatic carbocycles. The van der Waals surface area contributed by atoms with Crippen molar-refractivity contribution in [3.05, 3.63) is 33.9 Å². The third-order valence-electron chi connectivity index (χ3n) is 3.85. The van der Waals surface area contributed by atoms with Crippen LogP contribution in [-0.4, -0.2) is 22.9 Å². The highest BCUT2D eigenvalue weighted by Gasteiger charge is 2.34. The number of nitrogen functional groups attached to an aromatic ring is 1. The molecule has 0 atom stereocenters. The molecule has 116 valence electrons. The Morgan fingerprint density at radius 2 is 2.00 bits per heavy atom. The van der Waals surface area contributed by atoms with Gasteiger partial charge in [0.1, 0.15) is 5.69 Å². The summed E-state index contributed by atoms with van der Waals surface area (Å²) >= 11 is 0. The van der Waals surface area contributed by atoms with Crippen LogP contribution in [0.25, 0.3) is 0 Å². The van der Waals surface area contributed by atoms with Crippen LogP contribution in [0.1, 0.15) is 36.0 Å². The predicted molar refractivity (Wildman–Crippen MR) is 82.5 cm³/mol. The van der Waals surface area contributed by atoms with Crippen LogP contribution in [0.15, 0.2) is 18.2 Å². The van der Waals surface area contributed by atoms with E-state index in [-0.39, 0.29) is 29.3 Å². The quantitative estimate of drug-likeness (QED) is 0.442. The van der Waals surface area contributed by atoms with E-state index >= 15 is 0 Å². The van der Waals surface area contributed by atoms with Crippen molar-refractivity contribution >= 4 is 29.7 Å². The number of benzene rings is 1. The van der Waals surface area contributed by atoms with Gasteiger partial charge in [-0.25, -0.2) is 0 Å². The molecule has 1 amide bonds. The maximum Gasteiger partial charge on any atom is 0.292 e. The molecule has 0 aromatic heterocycles. The Hall–Kier alpha value is -1.86. The molecule has 0 heterocycles. The maximum atomic E-state index is 12.3. The number of nitrogens with one attached hydrogen (secondary N) is 1. The number of anilines is 1. The summed E-state index contributed by atoms with van der Waals surface area (Å²) in [4.78, 5) is 22.5. The van der Waals surface area contributed by atoms with Crippen LogP contribution in [0.3, 0.4) is 0 Å². The molecule has 1 aliphatic carbocycles. The van der Waals surface area contributed by atoms with Gasteiger partial charge < -0.3 is 16.8 Å². The van der Waals surface area contributed by atoms with Gasteiger partial charge in [0.2, 0.25) is 0 Å². The van der Waals surface area contributed by atoms with Crippen molar-refractivity contribution in [3.63, 3.8) is 0 Å². The Labute approximate surface area is 128 Å². The zero-order valence-electron chi connectivity index (χ0n) is 11.5. The first kappa shape index (κ1) is 17.2. The summed E-state index contributed by atoms with van der Waals surface area (Å²) in [6.45, 7) is 0.355. The molecule has 0 radical (unpaired) electrons. The van der Waals surface area contributed by atoms with Gasteiger partial charge >= 0.3 is 0 Å². The van der Waals surface area contributed by atoms with E-state index in [2.05, 4.69) is 5.32 Å². The molecule has 0 unspecified atom stereocenters. The molecule has 0 aliphatic heterocycles. The largest absolute Gasteiger partial charge is 0.393 e. The van der Waals surface area contributed by atoms with Crippen LogP contribution < -0.4 is 16.8 Å². The van der Waals surface area contributed by atoms with Crippen LogP contribution in [-0.2, 0) is 0 Å². The molecule has 7 nitrogen and oxygen atoms in total. The zero-order chi connectivity index (χ0) is 14.8. The number of halogens is 1. The summed E-state index contributed by atoms with van der Waals surface area (Å²) in [5.74, 6) is -0.404. The number of nitrogens with two attached hydrogens (primary N) is 2. The Balaban J connectivity index is 0.00000220. The topological polar surface area (TPSA) is 124 Å². The van der Waals surface area contributed by atoms with Gasteiger partial charge in [-0.05, 0) is 18.9 Å². The number of carbonyl (C=O) groups is 1. The fraction of sp³-hybridized carbons (Fsp3) is 0.462. The summed E-state index contributed by atoms with van der Waals surface area (Å²) in [6.07, 6.45) is 3.68. The second-order valence-electron chi connectivity index (χ2n) is 5.14. The number of nitro groups is 1. The van der Waals surface area contributed by atoms with Crippen LogP contribution in [0, 0.1) is 10.1 Å². The highest BCUT2D eigenvalue weighted by atomic mass is 35.5. The fourth-order valence-electron chi connectivity index (χ4n) is 2.65. The molecule has 0 spiro atoms. The normalized spacial score (nSPS) is 16.0. The number of para-hydroxylation sites is 1. The van der Waals surface area contributed by atoms with Crippen molar-refractivity contribution in [2.45, 2.75) is 31.2 Å². The van der Waals surface area contributed by atoms with E-state index in [0.29, 0.717) is 6.54 Å². The summed E-state index contributed by atoms with van der Waals surface area (Å²) in [6, 6.07) is 4.21. The molecule has 0 bridgehead atoms. The third-order valence-corrected chi connectivity index (χ3v) is 3.85. The van der Waals surface area contributed by atoms with Gasteiger partial charge in [0.05, 0.1) is 16.0 Å². The van der Waals surface area contributed by atoms with Crippen LogP contribution in [0.4, 0.5) is 11.4 Å². The number of hydrogen-bond donors (Lipinski definition) is 3. The molecule has 1 fully saturated rings. The van der Waals surface area contributed by atoms with E-state index in [1.807, 2.05) is 0 Å². The molecule has 8 heteroatoms. The lowest BCUT2D eigenvalue weighted by Gasteiger charge is -2.28. The minimum absolute atomic E-state index is 0. The van der Waals surface area contributed by atoms with Crippen molar-refractivity contribution < 1.29 is 9.72 Å². The SMILES string of the molecule is Cl.NCC1(NC(=O)c2cccc([N+](=O)[O-])c2N)CCCC1. The summed E-state index contributed by atoms with van der Waals surface area (Å²) in [5, 5.41) is 13.7. The Morgan fingerprint density at radius 3 is 2.52 bits per heavy atom. The number of rotatable bonds is 4. The smallest absolute Gasteiger partial charge is 0.292 e. The van der Waals surface area contributed by atoms with Crippen LogP contribution in [0.2, 0.25) is 0 Å². The molecular formula is C13H19ClN4O3.